The normalized spacial score (nSPS) is 11.4. The van der Waals surface area contributed by atoms with Crippen molar-refractivity contribution in [3.05, 3.63) is 59.7 Å². The van der Waals surface area contributed by atoms with Crippen molar-refractivity contribution in [1.82, 2.24) is 5.32 Å². The van der Waals surface area contributed by atoms with E-state index in [2.05, 4.69) is 50.4 Å². The predicted molar refractivity (Wildman–Crippen MR) is 84.4 cm³/mol. The van der Waals surface area contributed by atoms with E-state index in [-0.39, 0.29) is 5.41 Å². The van der Waals surface area contributed by atoms with Crippen LogP contribution < -0.4 is 10.1 Å². The van der Waals surface area contributed by atoms with Gasteiger partial charge in [0.15, 0.2) is 0 Å². The molecule has 0 saturated carbocycles. The summed E-state index contributed by atoms with van der Waals surface area (Å²) in [5, 5.41) is 3.17. The van der Waals surface area contributed by atoms with Gasteiger partial charge in [0.1, 0.15) is 11.5 Å². The summed E-state index contributed by atoms with van der Waals surface area (Å²) in [6, 6.07) is 16.5. The van der Waals surface area contributed by atoms with E-state index in [1.165, 1.54) is 5.56 Å². The molecule has 106 valence electrons. The maximum atomic E-state index is 6.06. The molecule has 20 heavy (non-hydrogen) atoms. The summed E-state index contributed by atoms with van der Waals surface area (Å²) < 4.78 is 6.06. The van der Waals surface area contributed by atoms with Gasteiger partial charge in [0.25, 0.3) is 0 Å². The van der Waals surface area contributed by atoms with Crippen molar-refractivity contribution in [1.29, 1.82) is 0 Å². The second kappa shape index (κ2) is 6.10. The summed E-state index contributed by atoms with van der Waals surface area (Å²) in [4.78, 5) is 0. The fraction of sp³-hybridized carbons (Fsp3) is 0.333. The first kappa shape index (κ1) is 14.6. The van der Waals surface area contributed by atoms with Crippen LogP contribution in [0.3, 0.4) is 0 Å². The standard InChI is InChI=1S/C18H23NO/c1-18(2,3)15-9-7-10-16(12-15)20-17-11-6-5-8-14(17)13-19-4/h5-12,19H,13H2,1-4H3. The van der Waals surface area contributed by atoms with E-state index in [0.29, 0.717) is 0 Å². The first-order valence-corrected chi connectivity index (χ1v) is 7.01. The quantitative estimate of drug-likeness (QED) is 0.882. The lowest BCUT2D eigenvalue weighted by Gasteiger charge is -2.20. The maximum Gasteiger partial charge on any atom is 0.131 e. The van der Waals surface area contributed by atoms with Crippen LogP contribution in [0.15, 0.2) is 48.5 Å². The molecule has 0 bridgehead atoms. The van der Waals surface area contributed by atoms with E-state index in [4.69, 9.17) is 4.74 Å². The second-order valence-corrected chi connectivity index (χ2v) is 6.02. The third-order valence-corrected chi connectivity index (χ3v) is 3.27. The fourth-order valence-electron chi connectivity index (χ4n) is 2.09. The minimum atomic E-state index is 0.129. The molecule has 0 radical (unpaired) electrons. The van der Waals surface area contributed by atoms with Crippen molar-refractivity contribution in [3.63, 3.8) is 0 Å². The highest BCUT2D eigenvalue weighted by Crippen LogP contribution is 2.29. The predicted octanol–water partition coefficient (Wildman–Crippen LogP) is 4.50. The fourth-order valence-corrected chi connectivity index (χ4v) is 2.09. The van der Waals surface area contributed by atoms with Crippen LogP contribution in [0.2, 0.25) is 0 Å². The SMILES string of the molecule is CNCc1ccccc1Oc1cccc(C(C)(C)C)c1. The number of para-hydroxylation sites is 1. The molecule has 0 saturated heterocycles. The molecular weight excluding hydrogens is 246 g/mol. The zero-order valence-corrected chi connectivity index (χ0v) is 12.7. The Balaban J connectivity index is 2.26. The summed E-state index contributed by atoms with van der Waals surface area (Å²) in [7, 11) is 1.94. The summed E-state index contributed by atoms with van der Waals surface area (Å²) >= 11 is 0. The van der Waals surface area contributed by atoms with Gasteiger partial charge in [0.2, 0.25) is 0 Å². The average molecular weight is 269 g/mol. The van der Waals surface area contributed by atoms with Gasteiger partial charge in [-0.2, -0.15) is 0 Å². The molecule has 2 nitrogen and oxygen atoms in total. The van der Waals surface area contributed by atoms with Gasteiger partial charge in [-0.15, -0.1) is 0 Å². The summed E-state index contributed by atoms with van der Waals surface area (Å²) in [6.45, 7) is 7.43. The van der Waals surface area contributed by atoms with E-state index in [0.717, 1.165) is 23.6 Å². The Hall–Kier alpha value is -1.80. The number of benzene rings is 2. The number of ether oxygens (including phenoxy) is 1. The van der Waals surface area contributed by atoms with Gasteiger partial charge >= 0.3 is 0 Å². The van der Waals surface area contributed by atoms with Gasteiger partial charge < -0.3 is 10.1 Å². The monoisotopic (exact) mass is 269 g/mol. The molecule has 2 aromatic carbocycles. The van der Waals surface area contributed by atoms with E-state index < -0.39 is 0 Å². The molecule has 2 heteroatoms. The van der Waals surface area contributed by atoms with E-state index >= 15 is 0 Å². The molecule has 0 unspecified atom stereocenters. The van der Waals surface area contributed by atoms with E-state index in [1.807, 2.05) is 31.3 Å². The number of hydrogen-bond acceptors (Lipinski definition) is 2. The highest BCUT2D eigenvalue weighted by molar-refractivity contribution is 5.40. The van der Waals surface area contributed by atoms with E-state index in [9.17, 15) is 0 Å². The first-order chi connectivity index (χ1) is 9.50. The second-order valence-electron chi connectivity index (χ2n) is 6.02. The number of rotatable bonds is 4. The van der Waals surface area contributed by atoms with Crippen LogP contribution in [0.5, 0.6) is 11.5 Å². The van der Waals surface area contributed by atoms with Crippen LogP contribution in [0, 0.1) is 0 Å². The first-order valence-electron chi connectivity index (χ1n) is 7.01. The highest BCUT2D eigenvalue weighted by Gasteiger charge is 2.14. The minimum absolute atomic E-state index is 0.129. The van der Waals surface area contributed by atoms with Crippen LogP contribution in [0.1, 0.15) is 31.9 Å². The Morgan fingerprint density at radius 1 is 1.00 bits per heavy atom. The Morgan fingerprint density at radius 2 is 1.75 bits per heavy atom. The van der Waals surface area contributed by atoms with Crippen LogP contribution >= 0.6 is 0 Å². The largest absolute Gasteiger partial charge is 0.457 e. The summed E-state index contributed by atoms with van der Waals surface area (Å²) in [5.74, 6) is 1.80. The van der Waals surface area contributed by atoms with Gasteiger partial charge in [-0.3, -0.25) is 0 Å². The van der Waals surface area contributed by atoms with Crippen molar-refractivity contribution < 1.29 is 4.74 Å². The lowest BCUT2D eigenvalue weighted by atomic mass is 9.87. The molecule has 0 aliphatic heterocycles. The van der Waals surface area contributed by atoms with Crippen molar-refractivity contribution in [2.24, 2.45) is 0 Å². The van der Waals surface area contributed by atoms with Crippen molar-refractivity contribution in [2.75, 3.05) is 7.05 Å². The Morgan fingerprint density at radius 3 is 2.45 bits per heavy atom. The van der Waals surface area contributed by atoms with Gasteiger partial charge in [0, 0.05) is 12.1 Å². The highest BCUT2D eigenvalue weighted by atomic mass is 16.5. The minimum Gasteiger partial charge on any atom is -0.457 e. The van der Waals surface area contributed by atoms with Gasteiger partial charge in [0.05, 0.1) is 0 Å². The van der Waals surface area contributed by atoms with Crippen LogP contribution in [-0.4, -0.2) is 7.05 Å². The lowest BCUT2D eigenvalue weighted by molar-refractivity contribution is 0.470. The average Bonchev–Trinajstić information content (AvgIpc) is 2.41. The van der Waals surface area contributed by atoms with E-state index in [1.54, 1.807) is 0 Å². The third-order valence-electron chi connectivity index (χ3n) is 3.27. The molecule has 1 N–H and O–H groups in total. The molecule has 0 aliphatic carbocycles. The van der Waals surface area contributed by atoms with Gasteiger partial charge in [-0.05, 0) is 36.2 Å². The molecule has 0 aromatic heterocycles. The van der Waals surface area contributed by atoms with Gasteiger partial charge in [-0.1, -0.05) is 51.1 Å². The van der Waals surface area contributed by atoms with Crippen molar-refractivity contribution in [3.8, 4) is 11.5 Å². The van der Waals surface area contributed by atoms with Gasteiger partial charge in [-0.25, -0.2) is 0 Å². The van der Waals surface area contributed by atoms with Crippen molar-refractivity contribution in [2.45, 2.75) is 32.7 Å². The molecule has 0 heterocycles. The van der Waals surface area contributed by atoms with Crippen LogP contribution in [0.4, 0.5) is 0 Å². The lowest BCUT2D eigenvalue weighted by Crippen LogP contribution is -2.10. The smallest absolute Gasteiger partial charge is 0.131 e. The summed E-state index contributed by atoms with van der Waals surface area (Å²) in [5.41, 5.74) is 2.57. The Labute approximate surface area is 121 Å². The molecule has 0 fully saturated rings. The molecule has 2 rings (SSSR count). The molecule has 0 amide bonds. The zero-order valence-electron chi connectivity index (χ0n) is 12.7. The Bertz CT molecular complexity index is 570. The molecular formula is C18H23NO. The van der Waals surface area contributed by atoms with Crippen molar-refractivity contribution >= 4 is 0 Å². The third kappa shape index (κ3) is 3.61. The zero-order chi connectivity index (χ0) is 14.6. The molecule has 0 spiro atoms. The molecule has 0 atom stereocenters. The Kier molecular flexibility index (Phi) is 4.46. The molecule has 2 aromatic rings. The maximum absolute atomic E-state index is 6.06. The summed E-state index contributed by atoms with van der Waals surface area (Å²) in [6.07, 6.45) is 0. The van der Waals surface area contributed by atoms with Crippen LogP contribution in [0.25, 0.3) is 0 Å². The topological polar surface area (TPSA) is 21.3 Å². The van der Waals surface area contributed by atoms with Crippen LogP contribution in [-0.2, 0) is 12.0 Å². The number of hydrogen-bond donors (Lipinski definition) is 1. The molecule has 0 aliphatic rings. The number of nitrogens with one attached hydrogen (secondary N) is 1.